The summed E-state index contributed by atoms with van der Waals surface area (Å²) in [5.41, 5.74) is 1.93. The van der Waals surface area contributed by atoms with Crippen molar-refractivity contribution in [3.05, 3.63) is 70.7 Å². The molecule has 29 heavy (non-hydrogen) atoms. The third-order valence-corrected chi connectivity index (χ3v) is 7.61. The van der Waals surface area contributed by atoms with Gasteiger partial charge in [0, 0.05) is 23.2 Å². The third-order valence-electron chi connectivity index (χ3n) is 5.31. The van der Waals surface area contributed by atoms with Gasteiger partial charge in [-0.15, -0.1) is 0 Å². The molecular weight excluding hydrogens is 452 g/mol. The number of carbonyl (C=O) groups excluding carboxylic acids is 1. The van der Waals surface area contributed by atoms with Crippen LogP contribution in [0.2, 0.25) is 0 Å². The van der Waals surface area contributed by atoms with E-state index in [2.05, 4.69) is 15.9 Å². The molecular formula is C22H21BrN2O3S. The van der Waals surface area contributed by atoms with Crippen molar-refractivity contribution in [2.75, 3.05) is 18.5 Å². The summed E-state index contributed by atoms with van der Waals surface area (Å²) in [6, 6.07) is 18.4. The number of halogens is 1. The number of anilines is 1. The quantitative estimate of drug-likeness (QED) is 0.571. The van der Waals surface area contributed by atoms with Crippen molar-refractivity contribution in [3.8, 4) is 0 Å². The molecule has 1 aliphatic heterocycles. The predicted octanol–water partition coefficient (Wildman–Crippen LogP) is 4.20. The third kappa shape index (κ3) is 3.70. The van der Waals surface area contributed by atoms with Crippen molar-refractivity contribution in [2.45, 2.75) is 24.3 Å². The van der Waals surface area contributed by atoms with E-state index in [0.29, 0.717) is 0 Å². The molecule has 0 spiro atoms. The summed E-state index contributed by atoms with van der Waals surface area (Å²) in [5, 5.41) is 1.82. The first-order valence-corrected chi connectivity index (χ1v) is 11.6. The summed E-state index contributed by atoms with van der Waals surface area (Å²) in [7, 11) is -2.33. The number of hydrogen-bond acceptors (Lipinski definition) is 3. The normalized spacial score (nSPS) is 16.4. The van der Waals surface area contributed by atoms with Gasteiger partial charge >= 0.3 is 0 Å². The standard InChI is InChI=1S/C22H21BrN2O3S/c1-15-11-18-12-19(23)8-10-21(18)25(15)22(26)14-24(2)29(27,28)20-9-7-16-5-3-4-6-17(16)13-20/h3-10,12-13,15H,11,14H2,1-2H3/t15-/m1/s1. The van der Waals surface area contributed by atoms with Gasteiger partial charge in [-0.05, 0) is 60.0 Å². The van der Waals surface area contributed by atoms with Gasteiger partial charge in [-0.3, -0.25) is 4.79 Å². The largest absolute Gasteiger partial charge is 0.308 e. The molecule has 0 N–H and O–H groups in total. The van der Waals surface area contributed by atoms with Crippen molar-refractivity contribution < 1.29 is 13.2 Å². The highest BCUT2D eigenvalue weighted by Gasteiger charge is 2.33. The molecule has 7 heteroatoms. The van der Waals surface area contributed by atoms with E-state index < -0.39 is 10.0 Å². The molecule has 5 nitrogen and oxygen atoms in total. The number of hydrogen-bond donors (Lipinski definition) is 0. The number of amides is 1. The van der Waals surface area contributed by atoms with E-state index >= 15 is 0 Å². The lowest BCUT2D eigenvalue weighted by Crippen LogP contribution is -2.43. The summed E-state index contributed by atoms with van der Waals surface area (Å²) in [4.78, 5) is 14.9. The van der Waals surface area contributed by atoms with E-state index in [1.807, 2.05) is 49.4 Å². The summed E-state index contributed by atoms with van der Waals surface area (Å²) in [5.74, 6) is -0.231. The molecule has 0 unspecified atom stereocenters. The average molecular weight is 473 g/mol. The van der Waals surface area contributed by atoms with Gasteiger partial charge in [-0.25, -0.2) is 8.42 Å². The van der Waals surface area contributed by atoms with Gasteiger partial charge in [0.15, 0.2) is 0 Å². The van der Waals surface area contributed by atoms with Gasteiger partial charge in [0.2, 0.25) is 15.9 Å². The Morgan fingerprint density at radius 2 is 1.83 bits per heavy atom. The number of fused-ring (bicyclic) bond motifs is 2. The van der Waals surface area contributed by atoms with Gasteiger partial charge in [-0.2, -0.15) is 4.31 Å². The molecule has 0 saturated carbocycles. The van der Waals surface area contributed by atoms with Crippen LogP contribution in [-0.4, -0.2) is 38.3 Å². The first kappa shape index (κ1) is 20.1. The highest BCUT2D eigenvalue weighted by Crippen LogP contribution is 2.34. The van der Waals surface area contributed by atoms with Crippen LogP contribution in [0.25, 0.3) is 10.8 Å². The Labute approximate surface area is 179 Å². The van der Waals surface area contributed by atoms with Crippen LogP contribution in [0.1, 0.15) is 12.5 Å². The van der Waals surface area contributed by atoms with Gasteiger partial charge in [0.1, 0.15) is 0 Å². The van der Waals surface area contributed by atoms with E-state index in [1.165, 1.54) is 7.05 Å². The van der Waals surface area contributed by atoms with Crippen molar-refractivity contribution in [1.82, 2.24) is 4.31 Å². The zero-order valence-electron chi connectivity index (χ0n) is 16.2. The number of sulfonamides is 1. The number of rotatable bonds is 4. The monoisotopic (exact) mass is 472 g/mol. The second-order valence-electron chi connectivity index (χ2n) is 7.36. The molecule has 0 aliphatic carbocycles. The lowest BCUT2D eigenvalue weighted by molar-refractivity contribution is -0.118. The van der Waals surface area contributed by atoms with Gasteiger partial charge < -0.3 is 4.90 Å². The van der Waals surface area contributed by atoms with Crippen LogP contribution in [0, 0.1) is 0 Å². The molecule has 3 aromatic carbocycles. The highest BCUT2D eigenvalue weighted by molar-refractivity contribution is 9.10. The molecule has 1 atom stereocenters. The SMILES string of the molecule is C[C@@H]1Cc2cc(Br)ccc2N1C(=O)CN(C)S(=O)(=O)c1ccc2ccccc2c1. The Kier molecular flexibility index (Phi) is 5.23. The van der Waals surface area contributed by atoms with Gasteiger partial charge in [-0.1, -0.05) is 46.3 Å². The number of benzene rings is 3. The topological polar surface area (TPSA) is 57.7 Å². The zero-order chi connectivity index (χ0) is 20.8. The first-order chi connectivity index (χ1) is 13.8. The minimum absolute atomic E-state index is 0.0106. The summed E-state index contributed by atoms with van der Waals surface area (Å²) in [6.07, 6.45) is 0.752. The first-order valence-electron chi connectivity index (χ1n) is 9.33. The molecule has 0 fully saturated rings. The van der Waals surface area contributed by atoms with Crippen LogP contribution in [0.4, 0.5) is 5.69 Å². The lowest BCUT2D eigenvalue weighted by Gasteiger charge is -2.25. The fourth-order valence-electron chi connectivity index (χ4n) is 3.84. The summed E-state index contributed by atoms with van der Waals surface area (Å²) >= 11 is 3.46. The van der Waals surface area contributed by atoms with Crippen LogP contribution in [0.3, 0.4) is 0 Å². The molecule has 4 rings (SSSR count). The van der Waals surface area contributed by atoms with Crippen LogP contribution in [0.5, 0.6) is 0 Å². The fraction of sp³-hybridized carbons (Fsp3) is 0.227. The Balaban J connectivity index is 1.58. The van der Waals surface area contributed by atoms with E-state index in [0.717, 1.165) is 37.2 Å². The van der Waals surface area contributed by atoms with Crippen molar-refractivity contribution in [1.29, 1.82) is 0 Å². The van der Waals surface area contributed by atoms with Gasteiger partial charge in [0.05, 0.1) is 11.4 Å². The predicted molar refractivity (Wildman–Crippen MR) is 119 cm³/mol. The molecule has 150 valence electrons. The maximum absolute atomic E-state index is 13.0. The number of likely N-dealkylation sites (N-methyl/N-ethyl adjacent to an activating group) is 1. The molecule has 0 radical (unpaired) electrons. The molecule has 0 bridgehead atoms. The second kappa shape index (κ2) is 7.55. The number of carbonyl (C=O) groups is 1. The Bertz CT molecular complexity index is 1210. The average Bonchev–Trinajstić information content (AvgIpc) is 3.02. The lowest BCUT2D eigenvalue weighted by atomic mass is 10.1. The number of nitrogens with zero attached hydrogens (tertiary/aromatic N) is 2. The van der Waals surface area contributed by atoms with Crippen LogP contribution in [-0.2, 0) is 21.2 Å². The molecule has 1 aliphatic rings. The second-order valence-corrected chi connectivity index (χ2v) is 10.3. The molecule has 1 amide bonds. The fourth-order valence-corrected chi connectivity index (χ4v) is 5.40. The summed E-state index contributed by atoms with van der Waals surface area (Å²) in [6.45, 7) is 1.76. The highest BCUT2D eigenvalue weighted by atomic mass is 79.9. The van der Waals surface area contributed by atoms with Crippen LogP contribution >= 0.6 is 15.9 Å². The van der Waals surface area contributed by atoms with E-state index in [9.17, 15) is 13.2 Å². The Hall–Kier alpha value is -2.22. The maximum atomic E-state index is 13.0. The Morgan fingerprint density at radius 3 is 2.59 bits per heavy atom. The zero-order valence-corrected chi connectivity index (χ0v) is 18.6. The smallest absolute Gasteiger partial charge is 0.243 e. The molecule has 1 heterocycles. The maximum Gasteiger partial charge on any atom is 0.243 e. The van der Waals surface area contributed by atoms with E-state index in [-0.39, 0.29) is 23.4 Å². The van der Waals surface area contributed by atoms with E-state index in [1.54, 1.807) is 23.1 Å². The van der Waals surface area contributed by atoms with Crippen molar-refractivity contribution in [3.63, 3.8) is 0 Å². The van der Waals surface area contributed by atoms with Crippen LogP contribution < -0.4 is 4.90 Å². The molecule has 3 aromatic rings. The molecule has 0 saturated heterocycles. The van der Waals surface area contributed by atoms with Crippen molar-refractivity contribution in [2.24, 2.45) is 0 Å². The molecule has 0 aromatic heterocycles. The minimum Gasteiger partial charge on any atom is -0.308 e. The van der Waals surface area contributed by atoms with E-state index in [4.69, 9.17) is 0 Å². The van der Waals surface area contributed by atoms with Gasteiger partial charge in [0.25, 0.3) is 0 Å². The Morgan fingerprint density at radius 1 is 1.10 bits per heavy atom. The van der Waals surface area contributed by atoms with Crippen molar-refractivity contribution >= 4 is 48.3 Å². The summed E-state index contributed by atoms with van der Waals surface area (Å²) < 4.78 is 28.2. The van der Waals surface area contributed by atoms with Crippen LogP contribution in [0.15, 0.2) is 70.0 Å². The minimum atomic E-state index is -3.78.